The number of pyridine rings is 2. The van der Waals surface area contributed by atoms with Crippen LogP contribution in [0, 0.1) is 6.92 Å². The molecule has 0 unspecified atom stereocenters. The molecular formula is C17H11Cl2CoF3N4. The number of hydrogen-bond acceptors (Lipinski definition) is 3. The molecule has 27 heavy (non-hydrogen) atoms. The first kappa shape index (κ1) is 19.9. The van der Waals surface area contributed by atoms with E-state index in [-0.39, 0.29) is 0 Å². The zero-order valence-electron chi connectivity index (χ0n) is 13.6. The van der Waals surface area contributed by atoms with Gasteiger partial charge in [-0.2, -0.15) is 18.3 Å². The second-order valence-corrected chi connectivity index (χ2v) is 7.23. The van der Waals surface area contributed by atoms with Gasteiger partial charge in [-0.3, -0.25) is 4.98 Å². The maximum atomic E-state index is 12.9. The second kappa shape index (κ2) is 8.01. The molecule has 4 nitrogen and oxygen atoms in total. The van der Waals surface area contributed by atoms with E-state index in [1.54, 1.807) is 25.3 Å². The number of alkyl halides is 3. The number of nitrogens with zero attached hydrogens (tertiary/aromatic N) is 4. The van der Waals surface area contributed by atoms with Crippen LogP contribution < -0.4 is 0 Å². The first-order chi connectivity index (χ1) is 12.8. The Morgan fingerprint density at radius 3 is 2.26 bits per heavy atom. The molecule has 4 rings (SSSR count). The van der Waals surface area contributed by atoms with Crippen LogP contribution >= 0.6 is 20.3 Å². The number of fused-ring (bicyclic) bond motifs is 3. The second-order valence-electron chi connectivity index (χ2n) is 5.51. The van der Waals surface area contributed by atoms with Crippen LogP contribution in [0.2, 0.25) is 0 Å². The minimum atomic E-state index is -4.49. The fourth-order valence-corrected chi connectivity index (χ4v) is 2.68. The maximum absolute atomic E-state index is 12.9. The summed E-state index contributed by atoms with van der Waals surface area (Å²) in [6.45, 7) is 1.56. The summed E-state index contributed by atoms with van der Waals surface area (Å²) in [4.78, 5) is 8.84. The first-order valence-corrected chi connectivity index (χ1v) is 10.3. The fourth-order valence-electron chi connectivity index (χ4n) is 2.68. The zero-order chi connectivity index (χ0) is 19.6. The van der Waals surface area contributed by atoms with Gasteiger partial charge < -0.3 is 0 Å². The Hall–Kier alpha value is -1.87. The molecule has 143 valence electrons. The first-order valence-electron chi connectivity index (χ1n) is 7.47. The third-order valence-corrected chi connectivity index (χ3v) is 3.81. The molecule has 1 aromatic carbocycles. The third kappa shape index (κ3) is 4.19. The predicted octanol–water partition coefficient (Wildman–Crippen LogP) is 5.67. The van der Waals surface area contributed by atoms with E-state index < -0.39 is 11.9 Å². The molecule has 0 saturated heterocycles. The van der Waals surface area contributed by atoms with E-state index in [0.717, 1.165) is 16.8 Å². The van der Waals surface area contributed by atoms with Crippen LogP contribution in [-0.2, 0) is 19.1 Å². The number of aryl methyl sites for hydroxylation is 1. The van der Waals surface area contributed by atoms with Crippen molar-refractivity contribution in [3.8, 4) is 5.82 Å². The average Bonchev–Trinajstić information content (AvgIpc) is 3.04. The SMILES string of the molecule is Cc1cc(C(F)(F)F)nn1-c1ccc2ccc3cccnc3c2n1.[Cl][Co][Cl]. The molecule has 0 aliphatic rings. The van der Waals surface area contributed by atoms with Crippen LogP contribution in [0.25, 0.3) is 27.6 Å². The molecule has 0 aliphatic heterocycles. The van der Waals surface area contributed by atoms with Crippen molar-refractivity contribution >= 4 is 42.1 Å². The van der Waals surface area contributed by atoms with Gasteiger partial charge in [0.2, 0.25) is 0 Å². The van der Waals surface area contributed by atoms with Gasteiger partial charge >= 0.3 is 39.4 Å². The van der Waals surface area contributed by atoms with Crippen molar-refractivity contribution in [1.82, 2.24) is 19.7 Å². The van der Waals surface area contributed by atoms with Gasteiger partial charge in [0.15, 0.2) is 11.5 Å². The van der Waals surface area contributed by atoms with Crippen molar-refractivity contribution in [2.75, 3.05) is 0 Å². The monoisotopic (exact) mass is 457 g/mol. The van der Waals surface area contributed by atoms with E-state index in [1.807, 2.05) is 24.3 Å². The summed E-state index contributed by atoms with van der Waals surface area (Å²) < 4.78 is 39.8. The molecule has 0 fully saturated rings. The Morgan fingerprint density at radius 1 is 1.00 bits per heavy atom. The van der Waals surface area contributed by atoms with E-state index in [4.69, 9.17) is 20.3 Å². The van der Waals surface area contributed by atoms with Gasteiger partial charge in [-0.05, 0) is 31.2 Å². The van der Waals surface area contributed by atoms with Gasteiger partial charge in [-0.15, -0.1) is 0 Å². The molecule has 0 saturated carbocycles. The summed E-state index contributed by atoms with van der Waals surface area (Å²) in [5.41, 5.74) is 0.770. The molecule has 3 aromatic heterocycles. The molecule has 0 aliphatic carbocycles. The van der Waals surface area contributed by atoms with Crippen molar-refractivity contribution in [3.05, 3.63) is 60.0 Å². The van der Waals surface area contributed by atoms with Crippen LogP contribution in [0.4, 0.5) is 13.2 Å². The number of rotatable bonds is 1. The Labute approximate surface area is 166 Å². The van der Waals surface area contributed by atoms with Crippen LogP contribution in [0.1, 0.15) is 11.4 Å². The summed E-state index contributed by atoms with van der Waals surface area (Å²) in [7, 11) is 9.47. The zero-order valence-corrected chi connectivity index (χ0v) is 16.2. The van der Waals surface area contributed by atoms with Crippen molar-refractivity contribution in [1.29, 1.82) is 0 Å². The molecule has 0 spiro atoms. The Kier molecular flexibility index (Phi) is 5.90. The quantitative estimate of drug-likeness (QED) is 0.346. The van der Waals surface area contributed by atoms with Crippen molar-refractivity contribution in [2.45, 2.75) is 13.1 Å². The fraction of sp³-hybridized carbons (Fsp3) is 0.118. The van der Waals surface area contributed by atoms with E-state index in [9.17, 15) is 13.2 Å². The topological polar surface area (TPSA) is 43.6 Å². The predicted molar refractivity (Wildman–Crippen MR) is 95.6 cm³/mol. The summed E-state index contributed by atoms with van der Waals surface area (Å²) >= 11 is 0.382. The Morgan fingerprint density at radius 2 is 1.63 bits per heavy atom. The number of halogens is 5. The molecule has 0 radical (unpaired) electrons. The van der Waals surface area contributed by atoms with Gasteiger partial charge in [0.05, 0.1) is 11.0 Å². The van der Waals surface area contributed by atoms with Crippen molar-refractivity contribution < 1.29 is 26.1 Å². The molecule has 0 N–H and O–H groups in total. The molecule has 3 heterocycles. The Bertz CT molecular complexity index is 1100. The molecule has 0 bridgehead atoms. The van der Waals surface area contributed by atoms with Gasteiger partial charge in [-0.25, -0.2) is 9.67 Å². The number of benzene rings is 1. The van der Waals surface area contributed by atoms with Gasteiger partial charge in [0.25, 0.3) is 0 Å². The average molecular weight is 458 g/mol. The van der Waals surface area contributed by atoms with Crippen LogP contribution in [0.15, 0.2) is 48.7 Å². The van der Waals surface area contributed by atoms with E-state index in [2.05, 4.69) is 15.1 Å². The Balaban J connectivity index is 0.000000659. The molecule has 0 atom stereocenters. The van der Waals surface area contributed by atoms with Crippen LogP contribution in [0.5, 0.6) is 0 Å². The summed E-state index contributed by atoms with van der Waals surface area (Å²) in [5.74, 6) is 0.327. The summed E-state index contributed by atoms with van der Waals surface area (Å²) in [6.07, 6.45) is -2.82. The minimum absolute atomic E-state index is 0.327. The normalized spacial score (nSPS) is 11.6. The van der Waals surface area contributed by atoms with Gasteiger partial charge in [0.1, 0.15) is 0 Å². The van der Waals surface area contributed by atoms with Gasteiger partial charge in [-0.1, -0.05) is 18.2 Å². The number of aromatic nitrogens is 4. The molecule has 10 heteroatoms. The number of hydrogen-bond donors (Lipinski definition) is 0. The third-order valence-electron chi connectivity index (χ3n) is 3.81. The summed E-state index contributed by atoms with van der Waals surface area (Å²) in [5, 5.41) is 5.43. The molecular weight excluding hydrogens is 447 g/mol. The van der Waals surface area contributed by atoms with Gasteiger partial charge in [0, 0.05) is 22.7 Å². The van der Waals surface area contributed by atoms with E-state index in [0.29, 0.717) is 35.4 Å². The van der Waals surface area contributed by atoms with Crippen LogP contribution in [-0.4, -0.2) is 19.7 Å². The molecule has 0 amide bonds. The summed E-state index contributed by atoms with van der Waals surface area (Å²) in [6, 6.07) is 12.0. The van der Waals surface area contributed by atoms with E-state index in [1.165, 1.54) is 4.68 Å². The molecule has 4 aromatic rings. The van der Waals surface area contributed by atoms with Crippen molar-refractivity contribution in [3.63, 3.8) is 0 Å². The standard InChI is InChI=1S/C17H11F3N4.2ClH.Co/c1-10-9-13(17(18,19)20)23-24(10)14-7-6-12-5-4-11-3-2-8-21-15(11)16(12)22-14;;;/h2-9H,1H3;2*1H;/q;;;+2/p-2. The van der Waals surface area contributed by atoms with E-state index >= 15 is 0 Å². The van der Waals surface area contributed by atoms with Crippen molar-refractivity contribution in [2.24, 2.45) is 0 Å². The van der Waals surface area contributed by atoms with Crippen LogP contribution in [0.3, 0.4) is 0 Å².